The second kappa shape index (κ2) is 7.61. The fraction of sp³-hybridized carbons (Fsp3) is 0.478. The van der Waals surface area contributed by atoms with Gasteiger partial charge in [0.25, 0.3) is 0 Å². The van der Waals surface area contributed by atoms with Crippen molar-refractivity contribution in [3.8, 4) is 11.3 Å². The van der Waals surface area contributed by atoms with Gasteiger partial charge < -0.3 is 4.90 Å². The zero-order valence-corrected chi connectivity index (χ0v) is 15.7. The van der Waals surface area contributed by atoms with Crippen molar-refractivity contribution >= 4 is 5.91 Å². The van der Waals surface area contributed by atoms with Crippen LogP contribution in [0.1, 0.15) is 55.7 Å². The lowest BCUT2D eigenvalue weighted by molar-refractivity contribution is -0.136. The van der Waals surface area contributed by atoms with Gasteiger partial charge in [0.15, 0.2) is 0 Å². The molecule has 1 saturated carbocycles. The largest absolute Gasteiger partial charge is 0.342 e. The van der Waals surface area contributed by atoms with Gasteiger partial charge in [-0.05, 0) is 50.8 Å². The molecule has 0 N–H and O–H groups in total. The Morgan fingerprint density at radius 3 is 2.65 bits per heavy atom. The third-order valence-electron chi connectivity index (χ3n) is 5.94. The molecule has 3 nitrogen and oxygen atoms in total. The van der Waals surface area contributed by atoms with E-state index >= 15 is 0 Å². The molecule has 1 saturated heterocycles. The molecule has 2 heterocycles. The number of pyridine rings is 1. The third-order valence-corrected chi connectivity index (χ3v) is 5.94. The Hall–Kier alpha value is -2.16. The molecule has 2 aromatic rings. The molecule has 0 bridgehead atoms. The van der Waals surface area contributed by atoms with Gasteiger partial charge >= 0.3 is 0 Å². The molecule has 4 rings (SSSR count). The molecule has 1 aliphatic carbocycles. The lowest BCUT2D eigenvalue weighted by Gasteiger charge is -2.34. The predicted octanol–water partition coefficient (Wildman–Crippen LogP) is 4.95. The zero-order chi connectivity index (χ0) is 17.9. The number of piperidine rings is 1. The van der Waals surface area contributed by atoms with Crippen molar-refractivity contribution in [1.82, 2.24) is 9.88 Å². The fourth-order valence-electron chi connectivity index (χ4n) is 4.49. The first kappa shape index (κ1) is 17.3. The first-order chi connectivity index (χ1) is 12.7. The van der Waals surface area contributed by atoms with E-state index in [4.69, 9.17) is 4.98 Å². The molecule has 1 atom stereocenters. The van der Waals surface area contributed by atoms with Gasteiger partial charge in [0.1, 0.15) is 0 Å². The fourth-order valence-corrected chi connectivity index (χ4v) is 4.49. The van der Waals surface area contributed by atoms with E-state index in [1.54, 1.807) is 0 Å². The number of aryl methyl sites for hydroxylation is 1. The maximum atomic E-state index is 12.8. The zero-order valence-electron chi connectivity index (χ0n) is 15.7. The molecule has 0 unspecified atom stereocenters. The van der Waals surface area contributed by atoms with Gasteiger partial charge in [-0.3, -0.25) is 9.78 Å². The molecular weight excluding hydrogens is 320 g/mol. The average molecular weight is 348 g/mol. The summed E-state index contributed by atoms with van der Waals surface area (Å²) in [5.41, 5.74) is 4.58. The van der Waals surface area contributed by atoms with Crippen LogP contribution in [-0.2, 0) is 4.79 Å². The van der Waals surface area contributed by atoms with Gasteiger partial charge in [-0.15, -0.1) is 0 Å². The minimum absolute atomic E-state index is 0.278. The molecule has 2 fully saturated rings. The molecular formula is C23H28N2O. The van der Waals surface area contributed by atoms with Crippen LogP contribution < -0.4 is 0 Å². The lowest BCUT2D eigenvalue weighted by Crippen LogP contribution is -2.42. The number of hydrogen-bond donors (Lipinski definition) is 0. The van der Waals surface area contributed by atoms with Crippen molar-refractivity contribution in [2.24, 2.45) is 5.92 Å². The van der Waals surface area contributed by atoms with Gasteiger partial charge in [0.05, 0.1) is 5.69 Å². The summed E-state index contributed by atoms with van der Waals surface area (Å²) in [5, 5.41) is 0. The van der Waals surface area contributed by atoms with Crippen LogP contribution in [0.5, 0.6) is 0 Å². The highest BCUT2D eigenvalue weighted by atomic mass is 16.2. The van der Waals surface area contributed by atoms with Crippen LogP contribution in [-0.4, -0.2) is 28.9 Å². The van der Waals surface area contributed by atoms with Gasteiger partial charge in [-0.25, -0.2) is 0 Å². The van der Waals surface area contributed by atoms with Crippen LogP contribution >= 0.6 is 0 Å². The van der Waals surface area contributed by atoms with E-state index in [9.17, 15) is 4.79 Å². The molecule has 3 heteroatoms. The molecule has 1 amide bonds. The second-order valence-corrected chi connectivity index (χ2v) is 7.92. The number of nitrogens with zero attached hydrogens (tertiary/aromatic N) is 2. The van der Waals surface area contributed by atoms with Crippen molar-refractivity contribution in [3.63, 3.8) is 0 Å². The molecule has 26 heavy (non-hydrogen) atoms. The maximum Gasteiger partial charge on any atom is 0.225 e. The number of rotatable bonds is 3. The number of carbonyl (C=O) groups is 1. The predicted molar refractivity (Wildman–Crippen MR) is 105 cm³/mol. The van der Waals surface area contributed by atoms with Crippen LogP contribution in [0.3, 0.4) is 0 Å². The molecule has 2 aliphatic rings. The van der Waals surface area contributed by atoms with Gasteiger partial charge in [-0.1, -0.05) is 42.7 Å². The number of carbonyl (C=O) groups excluding carboxylic acids is 1. The average Bonchev–Trinajstić information content (AvgIpc) is 3.22. The minimum atomic E-state index is 0.278. The summed E-state index contributed by atoms with van der Waals surface area (Å²) in [6, 6.07) is 14.8. The Bertz CT molecular complexity index is 779. The molecule has 0 spiro atoms. The highest BCUT2D eigenvalue weighted by Gasteiger charge is 2.31. The summed E-state index contributed by atoms with van der Waals surface area (Å²) in [6.45, 7) is 3.87. The van der Waals surface area contributed by atoms with E-state index < -0.39 is 0 Å². The molecule has 136 valence electrons. The van der Waals surface area contributed by atoms with Crippen molar-refractivity contribution in [1.29, 1.82) is 0 Å². The van der Waals surface area contributed by atoms with Crippen molar-refractivity contribution < 1.29 is 4.79 Å². The smallest absolute Gasteiger partial charge is 0.225 e. The summed E-state index contributed by atoms with van der Waals surface area (Å²) < 4.78 is 0. The Morgan fingerprint density at radius 2 is 1.85 bits per heavy atom. The lowest BCUT2D eigenvalue weighted by atomic mass is 9.92. The van der Waals surface area contributed by atoms with E-state index in [1.807, 2.05) is 0 Å². The number of amides is 1. The second-order valence-electron chi connectivity index (χ2n) is 7.92. The Morgan fingerprint density at radius 1 is 1.04 bits per heavy atom. The SMILES string of the molecule is Cc1cccc(-c2cccc([C@@H]3CCCN(C(=O)C4CCCC4)C3)n2)c1. The summed E-state index contributed by atoms with van der Waals surface area (Å²) in [5.74, 6) is 1.03. The Labute approximate surface area is 156 Å². The van der Waals surface area contributed by atoms with Crippen LogP contribution in [0.2, 0.25) is 0 Å². The normalized spacial score (nSPS) is 21.1. The maximum absolute atomic E-state index is 12.8. The monoisotopic (exact) mass is 348 g/mol. The van der Waals surface area contributed by atoms with Gasteiger partial charge in [0, 0.05) is 36.2 Å². The number of aromatic nitrogens is 1. The van der Waals surface area contributed by atoms with Crippen molar-refractivity contribution in [2.75, 3.05) is 13.1 Å². The first-order valence-corrected chi connectivity index (χ1v) is 10.0. The minimum Gasteiger partial charge on any atom is -0.342 e. The van der Waals surface area contributed by atoms with Gasteiger partial charge in [-0.2, -0.15) is 0 Å². The molecule has 1 aromatic carbocycles. The highest BCUT2D eigenvalue weighted by Crippen LogP contribution is 2.31. The van der Waals surface area contributed by atoms with E-state index in [-0.39, 0.29) is 5.92 Å². The summed E-state index contributed by atoms with van der Waals surface area (Å²) >= 11 is 0. The summed E-state index contributed by atoms with van der Waals surface area (Å²) in [4.78, 5) is 19.9. The van der Waals surface area contributed by atoms with E-state index in [1.165, 1.54) is 24.0 Å². The summed E-state index contributed by atoms with van der Waals surface area (Å²) in [6.07, 6.45) is 6.81. The standard InChI is InChI=1S/C23H28N2O/c1-17-7-4-10-19(15-17)21-12-5-13-22(24-21)20-11-6-14-25(16-20)23(26)18-8-2-3-9-18/h4-5,7,10,12-13,15,18,20H,2-3,6,8-9,11,14,16H2,1H3/t20-/m1/s1. The third kappa shape index (κ3) is 3.67. The van der Waals surface area contributed by atoms with E-state index in [0.29, 0.717) is 11.8 Å². The van der Waals surface area contributed by atoms with E-state index in [0.717, 1.165) is 50.2 Å². The van der Waals surface area contributed by atoms with E-state index in [2.05, 4.69) is 54.3 Å². The van der Waals surface area contributed by atoms with Gasteiger partial charge in [0.2, 0.25) is 5.91 Å². The Balaban J connectivity index is 1.51. The van der Waals surface area contributed by atoms with Crippen LogP contribution in [0.15, 0.2) is 42.5 Å². The quantitative estimate of drug-likeness (QED) is 0.786. The molecule has 1 aliphatic heterocycles. The van der Waals surface area contributed by atoms with Crippen LogP contribution in [0, 0.1) is 12.8 Å². The molecule has 1 aromatic heterocycles. The van der Waals surface area contributed by atoms with Crippen molar-refractivity contribution in [2.45, 2.75) is 51.4 Å². The molecule has 0 radical (unpaired) electrons. The first-order valence-electron chi connectivity index (χ1n) is 10.0. The highest BCUT2D eigenvalue weighted by molar-refractivity contribution is 5.79. The summed E-state index contributed by atoms with van der Waals surface area (Å²) in [7, 11) is 0. The topological polar surface area (TPSA) is 33.2 Å². The number of hydrogen-bond acceptors (Lipinski definition) is 2. The Kier molecular flexibility index (Phi) is 5.05. The number of benzene rings is 1. The number of likely N-dealkylation sites (tertiary alicyclic amines) is 1. The van der Waals surface area contributed by atoms with Crippen LogP contribution in [0.4, 0.5) is 0 Å². The van der Waals surface area contributed by atoms with Crippen molar-refractivity contribution in [3.05, 3.63) is 53.7 Å². The van der Waals surface area contributed by atoms with Crippen LogP contribution in [0.25, 0.3) is 11.3 Å².